The summed E-state index contributed by atoms with van der Waals surface area (Å²) < 4.78 is 0. The van der Waals surface area contributed by atoms with Crippen molar-refractivity contribution in [2.24, 2.45) is 0 Å². The van der Waals surface area contributed by atoms with E-state index in [2.05, 4.69) is 49.5 Å². The van der Waals surface area contributed by atoms with Crippen molar-refractivity contribution in [1.29, 1.82) is 0 Å². The number of rotatable bonds is 5. The molecule has 0 atom stereocenters. The summed E-state index contributed by atoms with van der Waals surface area (Å²) >= 11 is 12.6. The fourth-order valence-corrected chi connectivity index (χ4v) is 4.06. The molecule has 0 unspecified atom stereocenters. The van der Waals surface area contributed by atoms with Crippen LogP contribution in [0.4, 0.5) is 0 Å². The fourth-order valence-electron chi connectivity index (χ4n) is 1.46. The first-order chi connectivity index (χ1) is 8.77. The van der Waals surface area contributed by atoms with E-state index in [1.54, 1.807) is 0 Å². The molecule has 0 nitrogen and oxygen atoms in total. The average molecular weight is 311 g/mol. The molecule has 94 valence electrons. The molecule has 0 amide bonds. The van der Waals surface area contributed by atoms with Crippen LogP contribution in [0.5, 0.6) is 0 Å². The van der Waals surface area contributed by atoms with E-state index in [9.17, 15) is 0 Å². The van der Waals surface area contributed by atoms with Crippen LogP contribution < -0.4 is 0 Å². The summed E-state index contributed by atoms with van der Waals surface area (Å²) in [6.45, 7) is 0. The third-order valence-corrected chi connectivity index (χ3v) is 5.82. The number of thioether (sulfide) groups is 2. The SMILES string of the molecule is Sc1ccccc1SCCSc1ccccc1S. The van der Waals surface area contributed by atoms with Crippen molar-refractivity contribution in [2.75, 3.05) is 11.5 Å². The zero-order valence-corrected chi connectivity index (χ0v) is 13.2. The van der Waals surface area contributed by atoms with Crippen LogP contribution >= 0.6 is 48.8 Å². The Morgan fingerprint density at radius 3 is 1.44 bits per heavy atom. The van der Waals surface area contributed by atoms with Crippen LogP contribution in [0.3, 0.4) is 0 Å². The van der Waals surface area contributed by atoms with Gasteiger partial charge in [-0.2, -0.15) is 0 Å². The van der Waals surface area contributed by atoms with Gasteiger partial charge in [0.25, 0.3) is 0 Å². The summed E-state index contributed by atoms with van der Waals surface area (Å²) in [5, 5.41) is 0. The normalized spacial score (nSPS) is 10.6. The smallest absolute Gasteiger partial charge is 0.0206 e. The Balaban J connectivity index is 1.80. The predicted octanol–water partition coefficient (Wildman–Crippen LogP) is 5.15. The van der Waals surface area contributed by atoms with E-state index < -0.39 is 0 Å². The van der Waals surface area contributed by atoms with Crippen LogP contribution in [0, 0.1) is 0 Å². The minimum Gasteiger partial charge on any atom is -0.142 e. The highest BCUT2D eigenvalue weighted by atomic mass is 32.2. The molecule has 0 spiro atoms. The molecule has 18 heavy (non-hydrogen) atoms. The van der Waals surface area contributed by atoms with Gasteiger partial charge in [-0.1, -0.05) is 24.3 Å². The third kappa shape index (κ3) is 4.19. The molecule has 0 fully saturated rings. The van der Waals surface area contributed by atoms with Gasteiger partial charge in [0.15, 0.2) is 0 Å². The highest BCUT2D eigenvalue weighted by Gasteiger charge is 2.01. The van der Waals surface area contributed by atoms with Crippen LogP contribution in [0.2, 0.25) is 0 Å². The van der Waals surface area contributed by atoms with E-state index in [-0.39, 0.29) is 0 Å². The van der Waals surface area contributed by atoms with Gasteiger partial charge < -0.3 is 0 Å². The van der Waals surface area contributed by atoms with E-state index >= 15 is 0 Å². The lowest BCUT2D eigenvalue weighted by molar-refractivity contribution is 1.24. The average Bonchev–Trinajstić information content (AvgIpc) is 2.38. The van der Waals surface area contributed by atoms with Crippen LogP contribution in [-0.4, -0.2) is 11.5 Å². The van der Waals surface area contributed by atoms with Crippen molar-refractivity contribution < 1.29 is 0 Å². The zero-order valence-electron chi connectivity index (χ0n) is 9.74. The second kappa shape index (κ2) is 7.43. The lowest BCUT2D eigenvalue weighted by atomic mass is 10.4. The van der Waals surface area contributed by atoms with Crippen molar-refractivity contribution >= 4 is 48.8 Å². The van der Waals surface area contributed by atoms with Crippen molar-refractivity contribution in [3.05, 3.63) is 48.5 Å². The van der Waals surface area contributed by atoms with Crippen molar-refractivity contribution in [3.8, 4) is 0 Å². The Kier molecular flexibility index (Phi) is 5.89. The van der Waals surface area contributed by atoms with E-state index in [0.717, 1.165) is 21.3 Å². The summed E-state index contributed by atoms with van der Waals surface area (Å²) in [6.07, 6.45) is 0. The predicted molar refractivity (Wildman–Crippen MR) is 88.8 cm³/mol. The summed E-state index contributed by atoms with van der Waals surface area (Å²) in [5.74, 6) is 2.15. The molecule has 0 N–H and O–H groups in total. The van der Waals surface area contributed by atoms with Crippen LogP contribution in [0.1, 0.15) is 0 Å². The van der Waals surface area contributed by atoms with E-state index in [1.807, 2.05) is 47.8 Å². The highest BCUT2D eigenvalue weighted by molar-refractivity contribution is 8.03. The molecule has 0 saturated carbocycles. The summed E-state index contributed by atoms with van der Waals surface area (Å²) in [5.41, 5.74) is 0. The zero-order chi connectivity index (χ0) is 12.8. The molecular weight excluding hydrogens is 296 g/mol. The Morgan fingerprint density at radius 2 is 1.06 bits per heavy atom. The van der Waals surface area contributed by atoms with Gasteiger partial charge in [-0.15, -0.1) is 48.8 Å². The van der Waals surface area contributed by atoms with Gasteiger partial charge in [0, 0.05) is 31.1 Å². The van der Waals surface area contributed by atoms with Gasteiger partial charge in [0.05, 0.1) is 0 Å². The van der Waals surface area contributed by atoms with E-state index in [0.29, 0.717) is 0 Å². The van der Waals surface area contributed by atoms with Gasteiger partial charge in [-0.3, -0.25) is 0 Å². The molecular formula is C14H14S4. The molecule has 0 radical (unpaired) electrons. The molecule has 4 heteroatoms. The number of hydrogen-bond acceptors (Lipinski definition) is 4. The summed E-state index contributed by atoms with van der Waals surface area (Å²) in [4.78, 5) is 4.62. The molecule has 0 saturated heterocycles. The second-order valence-corrected chi connectivity index (χ2v) is 6.87. The van der Waals surface area contributed by atoms with Gasteiger partial charge in [0.1, 0.15) is 0 Å². The molecule has 2 aromatic carbocycles. The Bertz CT molecular complexity index is 463. The maximum atomic E-state index is 4.45. The molecule has 0 aliphatic carbocycles. The maximum Gasteiger partial charge on any atom is 0.0206 e. The molecule has 2 rings (SSSR count). The fraction of sp³-hybridized carbons (Fsp3) is 0.143. The first-order valence-electron chi connectivity index (χ1n) is 5.59. The van der Waals surface area contributed by atoms with E-state index in [1.165, 1.54) is 9.79 Å². The van der Waals surface area contributed by atoms with Gasteiger partial charge in [-0.25, -0.2) is 0 Å². The minimum atomic E-state index is 1.06. The van der Waals surface area contributed by atoms with Crippen molar-refractivity contribution in [1.82, 2.24) is 0 Å². The Morgan fingerprint density at radius 1 is 0.667 bits per heavy atom. The molecule has 0 aliphatic rings. The summed E-state index contributed by atoms with van der Waals surface area (Å²) in [6, 6.07) is 16.4. The highest BCUT2D eigenvalue weighted by Crippen LogP contribution is 2.29. The van der Waals surface area contributed by atoms with Gasteiger partial charge in [0.2, 0.25) is 0 Å². The standard InChI is InChI=1S/C14H14S4/c15-11-5-1-3-7-13(11)17-9-10-18-14-8-4-2-6-12(14)16/h1-8,15-16H,9-10H2. The first kappa shape index (κ1) is 14.3. The number of benzene rings is 2. The van der Waals surface area contributed by atoms with Crippen LogP contribution in [0.25, 0.3) is 0 Å². The second-order valence-electron chi connectivity index (χ2n) is 3.63. The quantitative estimate of drug-likeness (QED) is 0.445. The maximum absolute atomic E-state index is 4.45. The lowest BCUT2D eigenvalue weighted by Crippen LogP contribution is -1.85. The third-order valence-electron chi connectivity index (χ3n) is 2.33. The number of thiol groups is 2. The number of hydrogen-bond donors (Lipinski definition) is 2. The summed E-state index contributed by atoms with van der Waals surface area (Å²) in [7, 11) is 0. The van der Waals surface area contributed by atoms with Crippen LogP contribution in [-0.2, 0) is 0 Å². The molecule has 2 aromatic rings. The monoisotopic (exact) mass is 310 g/mol. The van der Waals surface area contributed by atoms with Crippen LogP contribution in [0.15, 0.2) is 68.1 Å². The minimum absolute atomic E-state index is 1.06. The van der Waals surface area contributed by atoms with Crippen molar-refractivity contribution in [3.63, 3.8) is 0 Å². The molecule has 0 aliphatic heterocycles. The van der Waals surface area contributed by atoms with Gasteiger partial charge in [-0.05, 0) is 24.3 Å². The molecule has 0 aromatic heterocycles. The Labute approximate surface area is 128 Å². The molecule has 0 bridgehead atoms. The van der Waals surface area contributed by atoms with Gasteiger partial charge >= 0.3 is 0 Å². The lowest BCUT2D eigenvalue weighted by Gasteiger charge is -2.06. The topological polar surface area (TPSA) is 0 Å². The van der Waals surface area contributed by atoms with Crippen molar-refractivity contribution in [2.45, 2.75) is 19.6 Å². The largest absolute Gasteiger partial charge is 0.142 e. The Hall–Kier alpha value is -0.160. The molecule has 0 heterocycles. The van der Waals surface area contributed by atoms with E-state index in [4.69, 9.17) is 0 Å². The first-order valence-corrected chi connectivity index (χ1v) is 8.45.